The molecule has 0 aliphatic heterocycles. The van der Waals surface area contributed by atoms with E-state index in [0.29, 0.717) is 4.83 Å². The standard InChI is InChI=1S/C13H14BrNOS/c1-9-15-8-13(17-9)11(14)7-10-5-3-4-6-12(10)16-2/h3-6,8,11H,7H2,1-2H3. The van der Waals surface area contributed by atoms with Crippen LogP contribution in [0.3, 0.4) is 0 Å². The molecule has 1 heterocycles. The lowest BCUT2D eigenvalue weighted by Crippen LogP contribution is -1.96. The molecule has 1 unspecified atom stereocenters. The monoisotopic (exact) mass is 311 g/mol. The number of hydrogen-bond donors (Lipinski definition) is 0. The third-order valence-corrected chi connectivity index (χ3v) is 4.69. The average Bonchev–Trinajstić information content (AvgIpc) is 2.77. The molecule has 1 aromatic heterocycles. The highest BCUT2D eigenvalue weighted by Crippen LogP contribution is 2.33. The summed E-state index contributed by atoms with van der Waals surface area (Å²) in [6, 6.07) is 8.12. The van der Waals surface area contributed by atoms with Gasteiger partial charge in [-0.3, -0.25) is 0 Å². The van der Waals surface area contributed by atoms with Crippen LogP contribution in [0.2, 0.25) is 0 Å². The van der Waals surface area contributed by atoms with Gasteiger partial charge in [-0.05, 0) is 25.0 Å². The molecule has 0 bridgehead atoms. The topological polar surface area (TPSA) is 22.1 Å². The van der Waals surface area contributed by atoms with E-state index in [1.165, 1.54) is 10.4 Å². The minimum absolute atomic E-state index is 0.296. The third kappa shape index (κ3) is 3.07. The van der Waals surface area contributed by atoms with E-state index in [-0.39, 0.29) is 0 Å². The second-order valence-electron chi connectivity index (χ2n) is 3.77. The number of methoxy groups -OCH3 is 1. The number of halogens is 1. The van der Waals surface area contributed by atoms with Gasteiger partial charge in [0.2, 0.25) is 0 Å². The highest BCUT2D eigenvalue weighted by Gasteiger charge is 2.13. The summed E-state index contributed by atoms with van der Waals surface area (Å²) in [6.07, 6.45) is 2.85. The number of thiazole rings is 1. The zero-order valence-electron chi connectivity index (χ0n) is 9.81. The maximum Gasteiger partial charge on any atom is 0.122 e. The van der Waals surface area contributed by atoms with Crippen LogP contribution in [0.1, 0.15) is 20.3 Å². The lowest BCUT2D eigenvalue weighted by molar-refractivity contribution is 0.409. The molecular weight excluding hydrogens is 298 g/mol. The van der Waals surface area contributed by atoms with Gasteiger partial charge in [0.15, 0.2) is 0 Å². The van der Waals surface area contributed by atoms with Gasteiger partial charge in [0.25, 0.3) is 0 Å². The molecule has 0 aliphatic rings. The first-order valence-corrected chi connectivity index (χ1v) is 7.12. The van der Waals surface area contributed by atoms with Crippen LogP contribution in [0.15, 0.2) is 30.5 Å². The molecule has 2 nitrogen and oxygen atoms in total. The minimum atomic E-state index is 0.296. The highest BCUT2D eigenvalue weighted by atomic mass is 79.9. The molecule has 0 spiro atoms. The second-order valence-corrected chi connectivity index (χ2v) is 6.14. The van der Waals surface area contributed by atoms with Crippen molar-refractivity contribution in [3.05, 3.63) is 45.9 Å². The van der Waals surface area contributed by atoms with Crippen molar-refractivity contribution < 1.29 is 4.74 Å². The van der Waals surface area contributed by atoms with Crippen molar-refractivity contribution >= 4 is 27.3 Å². The number of ether oxygens (including phenoxy) is 1. The summed E-state index contributed by atoms with van der Waals surface area (Å²) < 4.78 is 5.35. The van der Waals surface area contributed by atoms with Crippen molar-refractivity contribution in [1.29, 1.82) is 0 Å². The Kier molecular flexibility index (Phi) is 4.18. The third-order valence-electron chi connectivity index (χ3n) is 2.54. The lowest BCUT2D eigenvalue weighted by Gasteiger charge is -2.11. The van der Waals surface area contributed by atoms with Crippen molar-refractivity contribution in [2.45, 2.75) is 18.2 Å². The average molecular weight is 312 g/mol. The zero-order valence-corrected chi connectivity index (χ0v) is 12.2. The molecule has 2 aromatic rings. The van der Waals surface area contributed by atoms with Gasteiger partial charge in [0.1, 0.15) is 5.75 Å². The molecule has 0 fully saturated rings. The van der Waals surface area contributed by atoms with Gasteiger partial charge in [0.05, 0.1) is 16.9 Å². The van der Waals surface area contributed by atoms with Crippen LogP contribution in [0, 0.1) is 6.92 Å². The van der Waals surface area contributed by atoms with E-state index in [2.05, 4.69) is 27.0 Å². The van der Waals surface area contributed by atoms with Crippen molar-refractivity contribution in [3.8, 4) is 5.75 Å². The van der Waals surface area contributed by atoms with Crippen LogP contribution < -0.4 is 4.74 Å². The summed E-state index contributed by atoms with van der Waals surface area (Å²) >= 11 is 5.44. The van der Waals surface area contributed by atoms with Gasteiger partial charge in [-0.15, -0.1) is 11.3 Å². The van der Waals surface area contributed by atoms with Crippen molar-refractivity contribution in [3.63, 3.8) is 0 Å². The van der Waals surface area contributed by atoms with Gasteiger partial charge in [-0.1, -0.05) is 34.1 Å². The Morgan fingerprint density at radius 2 is 2.18 bits per heavy atom. The fourth-order valence-electron chi connectivity index (χ4n) is 1.69. The van der Waals surface area contributed by atoms with Gasteiger partial charge >= 0.3 is 0 Å². The van der Waals surface area contributed by atoms with Crippen LogP contribution in [0.5, 0.6) is 5.75 Å². The Balaban J connectivity index is 2.15. The van der Waals surface area contributed by atoms with Gasteiger partial charge in [0, 0.05) is 11.1 Å². The number of alkyl halides is 1. The molecule has 0 aliphatic carbocycles. The molecule has 0 saturated carbocycles. The van der Waals surface area contributed by atoms with Crippen LogP contribution >= 0.6 is 27.3 Å². The number of aryl methyl sites for hydroxylation is 1. The van der Waals surface area contributed by atoms with Gasteiger partial charge in [-0.25, -0.2) is 4.98 Å². The van der Waals surface area contributed by atoms with Crippen LogP contribution in [0.25, 0.3) is 0 Å². The summed E-state index contributed by atoms with van der Waals surface area (Å²) in [6.45, 7) is 2.02. The quantitative estimate of drug-likeness (QED) is 0.792. The Morgan fingerprint density at radius 3 is 2.82 bits per heavy atom. The number of nitrogens with zero attached hydrogens (tertiary/aromatic N) is 1. The molecule has 1 atom stereocenters. The summed E-state index contributed by atoms with van der Waals surface area (Å²) in [7, 11) is 1.71. The normalized spacial score (nSPS) is 12.4. The van der Waals surface area contributed by atoms with Crippen molar-refractivity contribution in [1.82, 2.24) is 4.98 Å². The van der Waals surface area contributed by atoms with Crippen LogP contribution in [-0.2, 0) is 6.42 Å². The number of aromatic nitrogens is 1. The molecule has 0 radical (unpaired) electrons. The fraction of sp³-hybridized carbons (Fsp3) is 0.308. The van der Waals surface area contributed by atoms with Crippen LogP contribution in [0.4, 0.5) is 0 Å². The SMILES string of the molecule is COc1ccccc1CC(Br)c1cnc(C)s1. The zero-order chi connectivity index (χ0) is 12.3. The summed E-state index contributed by atoms with van der Waals surface area (Å²) in [5, 5.41) is 1.10. The maximum absolute atomic E-state index is 5.35. The first-order valence-electron chi connectivity index (χ1n) is 5.39. The number of hydrogen-bond acceptors (Lipinski definition) is 3. The molecule has 0 amide bonds. The van der Waals surface area contributed by atoms with E-state index in [1.54, 1.807) is 18.4 Å². The molecule has 1 aromatic carbocycles. The summed E-state index contributed by atoms with van der Waals surface area (Å²) in [5.41, 5.74) is 1.21. The highest BCUT2D eigenvalue weighted by molar-refractivity contribution is 9.09. The number of para-hydroxylation sites is 1. The molecule has 0 N–H and O–H groups in total. The lowest BCUT2D eigenvalue weighted by atomic mass is 10.1. The number of benzene rings is 1. The smallest absolute Gasteiger partial charge is 0.122 e. The van der Waals surface area contributed by atoms with Gasteiger partial charge < -0.3 is 4.74 Å². The van der Waals surface area contributed by atoms with E-state index < -0.39 is 0 Å². The van der Waals surface area contributed by atoms with Crippen molar-refractivity contribution in [2.75, 3.05) is 7.11 Å². The first-order chi connectivity index (χ1) is 8.20. The maximum atomic E-state index is 5.35. The van der Waals surface area contributed by atoms with E-state index in [9.17, 15) is 0 Å². The van der Waals surface area contributed by atoms with Crippen molar-refractivity contribution in [2.24, 2.45) is 0 Å². The summed E-state index contributed by atoms with van der Waals surface area (Å²) in [5.74, 6) is 0.943. The molecule has 2 rings (SSSR count). The molecule has 0 saturated heterocycles. The Bertz CT molecular complexity index is 498. The predicted molar refractivity (Wildman–Crippen MR) is 75.2 cm³/mol. The molecule has 17 heavy (non-hydrogen) atoms. The van der Waals surface area contributed by atoms with E-state index >= 15 is 0 Å². The second kappa shape index (κ2) is 5.65. The first kappa shape index (κ1) is 12.6. The number of rotatable bonds is 4. The minimum Gasteiger partial charge on any atom is -0.496 e. The molecular formula is C13H14BrNOS. The van der Waals surface area contributed by atoms with E-state index in [4.69, 9.17) is 4.74 Å². The van der Waals surface area contributed by atoms with Crippen LogP contribution in [-0.4, -0.2) is 12.1 Å². The largest absolute Gasteiger partial charge is 0.496 e. The van der Waals surface area contributed by atoms with E-state index in [0.717, 1.165) is 17.2 Å². The Labute approximate surface area is 114 Å². The molecule has 4 heteroatoms. The Hall–Kier alpha value is -0.870. The predicted octanol–water partition coefficient (Wildman–Crippen LogP) is 4.14. The van der Waals surface area contributed by atoms with E-state index in [1.807, 2.05) is 31.3 Å². The fourth-order valence-corrected chi connectivity index (χ4v) is 3.20. The van der Waals surface area contributed by atoms with Gasteiger partial charge in [-0.2, -0.15) is 0 Å². The summed E-state index contributed by atoms with van der Waals surface area (Å²) in [4.78, 5) is 5.83. The molecule has 90 valence electrons. The Morgan fingerprint density at radius 1 is 1.41 bits per heavy atom.